The normalized spacial score (nSPS) is 22.0. The summed E-state index contributed by atoms with van der Waals surface area (Å²) < 4.78 is 30.2. The number of ether oxygens (including phenoxy) is 1. The van der Waals surface area contributed by atoms with Gasteiger partial charge in [0.1, 0.15) is 6.10 Å². The van der Waals surface area contributed by atoms with Crippen LogP contribution in [0.1, 0.15) is 12.5 Å². The van der Waals surface area contributed by atoms with Gasteiger partial charge in [0, 0.05) is 19.7 Å². The first kappa shape index (κ1) is 15.6. The van der Waals surface area contributed by atoms with Crippen LogP contribution >= 0.6 is 0 Å². The van der Waals surface area contributed by atoms with Crippen molar-refractivity contribution >= 4 is 33.4 Å². The van der Waals surface area contributed by atoms with Gasteiger partial charge in [-0.15, -0.1) is 0 Å². The minimum Gasteiger partial charge on any atom is -0.442 e. The Hall–Kier alpha value is -2.29. The Balaban J connectivity index is 1.79. The number of benzene rings is 1. The molecule has 0 aliphatic carbocycles. The first-order valence-electron chi connectivity index (χ1n) is 7.10. The van der Waals surface area contributed by atoms with Crippen molar-refractivity contribution in [3.63, 3.8) is 0 Å². The molecule has 0 unspecified atom stereocenters. The Morgan fingerprint density at radius 2 is 2.17 bits per heavy atom. The van der Waals surface area contributed by atoms with Crippen molar-refractivity contribution in [1.82, 2.24) is 5.32 Å². The molecule has 0 saturated carbocycles. The summed E-state index contributed by atoms with van der Waals surface area (Å²) in [5.41, 5.74) is 1.86. The lowest BCUT2D eigenvalue weighted by Crippen LogP contribution is -2.33. The lowest BCUT2D eigenvalue weighted by Gasteiger charge is -2.15. The van der Waals surface area contributed by atoms with Gasteiger partial charge in [-0.2, -0.15) is 0 Å². The van der Waals surface area contributed by atoms with E-state index in [0.717, 1.165) is 0 Å². The molecular formula is C14H17N3O5S. The summed E-state index contributed by atoms with van der Waals surface area (Å²) in [6.07, 6.45) is -0.930. The van der Waals surface area contributed by atoms with E-state index in [2.05, 4.69) is 5.32 Å². The summed E-state index contributed by atoms with van der Waals surface area (Å²) >= 11 is 0. The van der Waals surface area contributed by atoms with Crippen LogP contribution in [0.4, 0.5) is 16.2 Å². The second-order valence-electron chi connectivity index (χ2n) is 5.59. The molecule has 23 heavy (non-hydrogen) atoms. The van der Waals surface area contributed by atoms with Gasteiger partial charge in [-0.1, -0.05) is 0 Å². The van der Waals surface area contributed by atoms with Crippen LogP contribution in [0.5, 0.6) is 0 Å². The number of hydrogen-bond acceptors (Lipinski definition) is 5. The number of carbonyl (C=O) groups excluding carboxylic acids is 2. The topological polar surface area (TPSA) is 96.0 Å². The van der Waals surface area contributed by atoms with Crippen LogP contribution in [0, 0.1) is 0 Å². The molecule has 1 aromatic carbocycles. The number of rotatable bonds is 3. The largest absolute Gasteiger partial charge is 0.442 e. The Labute approximate surface area is 134 Å². The number of sulfonamides is 1. The van der Waals surface area contributed by atoms with Gasteiger partial charge in [0.2, 0.25) is 15.9 Å². The highest BCUT2D eigenvalue weighted by Gasteiger charge is 2.35. The van der Waals surface area contributed by atoms with Crippen molar-refractivity contribution in [3.8, 4) is 0 Å². The first-order chi connectivity index (χ1) is 10.8. The molecular weight excluding hydrogens is 322 g/mol. The van der Waals surface area contributed by atoms with Crippen LogP contribution < -0.4 is 14.5 Å². The minimum atomic E-state index is -3.32. The maximum Gasteiger partial charge on any atom is 0.414 e. The molecule has 1 aromatic rings. The minimum absolute atomic E-state index is 0.0785. The average molecular weight is 339 g/mol. The molecule has 8 nitrogen and oxygen atoms in total. The van der Waals surface area contributed by atoms with Crippen molar-refractivity contribution in [3.05, 3.63) is 23.8 Å². The number of fused-ring (bicyclic) bond motifs is 1. The van der Waals surface area contributed by atoms with Gasteiger partial charge in [-0.05, 0) is 23.8 Å². The van der Waals surface area contributed by atoms with E-state index in [1.807, 2.05) is 0 Å². The van der Waals surface area contributed by atoms with Gasteiger partial charge in [0.15, 0.2) is 0 Å². The summed E-state index contributed by atoms with van der Waals surface area (Å²) in [5, 5.41) is 2.61. The summed E-state index contributed by atoms with van der Waals surface area (Å²) in [7, 11) is -1.81. The molecule has 1 N–H and O–H groups in total. The van der Waals surface area contributed by atoms with Gasteiger partial charge in [-0.25, -0.2) is 13.2 Å². The summed E-state index contributed by atoms with van der Waals surface area (Å²) in [6, 6.07) is 5.07. The van der Waals surface area contributed by atoms with Crippen LogP contribution in [-0.4, -0.2) is 46.7 Å². The number of amides is 2. The van der Waals surface area contributed by atoms with Crippen LogP contribution in [-0.2, 0) is 25.3 Å². The van der Waals surface area contributed by atoms with E-state index in [1.165, 1.54) is 23.2 Å². The predicted molar refractivity (Wildman–Crippen MR) is 83.8 cm³/mol. The second-order valence-corrected chi connectivity index (χ2v) is 7.59. The molecule has 3 rings (SSSR count). The van der Waals surface area contributed by atoms with Crippen molar-refractivity contribution in [1.29, 1.82) is 0 Å². The molecule has 2 amide bonds. The highest BCUT2D eigenvalue weighted by atomic mass is 32.2. The molecule has 124 valence electrons. The summed E-state index contributed by atoms with van der Waals surface area (Å²) in [4.78, 5) is 24.4. The van der Waals surface area contributed by atoms with E-state index in [-0.39, 0.29) is 18.2 Å². The zero-order chi connectivity index (χ0) is 16.8. The van der Waals surface area contributed by atoms with Crippen molar-refractivity contribution in [2.24, 2.45) is 0 Å². The third-order valence-corrected chi connectivity index (χ3v) is 5.63. The standard InChI is InChI=1S/C14H17N3O5S/c1-9(18)15-6-12-7-17(14(19)22-12)11-3-4-13-10(5-11)8-23(20,21)16(13)2/h3-5,12H,6-8H2,1-2H3,(H,15,18)/t12-/m0/s1. The quantitative estimate of drug-likeness (QED) is 0.861. The lowest BCUT2D eigenvalue weighted by molar-refractivity contribution is -0.119. The third kappa shape index (κ3) is 2.83. The van der Waals surface area contributed by atoms with E-state index in [9.17, 15) is 18.0 Å². The molecule has 2 aliphatic heterocycles. The monoisotopic (exact) mass is 339 g/mol. The Morgan fingerprint density at radius 3 is 2.87 bits per heavy atom. The molecule has 1 fully saturated rings. The molecule has 0 spiro atoms. The zero-order valence-corrected chi connectivity index (χ0v) is 13.6. The summed E-state index contributed by atoms with van der Waals surface area (Å²) in [6.45, 7) is 1.95. The van der Waals surface area contributed by atoms with Crippen LogP contribution in [0.3, 0.4) is 0 Å². The van der Waals surface area contributed by atoms with E-state index in [4.69, 9.17) is 4.74 Å². The number of hydrogen-bond donors (Lipinski definition) is 1. The molecule has 1 atom stereocenters. The maximum atomic E-state index is 12.0. The van der Waals surface area contributed by atoms with Gasteiger partial charge in [0.05, 0.1) is 24.5 Å². The van der Waals surface area contributed by atoms with Crippen molar-refractivity contribution in [2.45, 2.75) is 18.8 Å². The van der Waals surface area contributed by atoms with Crippen LogP contribution in [0.25, 0.3) is 0 Å². The van der Waals surface area contributed by atoms with E-state index in [0.29, 0.717) is 23.5 Å². The molecule has 2 aliphatic rings. The Bertz CT molecular complexity index is 777. The lowest BCUT2D eigenvalue weighted by atomic mass is 10.1. The van der Waals surface area contributed by atoms with Crippen molar-refractivity contribution < 1.29 is 22.7 Å². The molecule has 0 aromatic heterocycles. The smallest absolute Gasteiger partial charge is 0.414 e. The van der Waals surface area contributed by atoms with Crippen LogP contribution in [0.15, 0.2) is 18.2 Å². The highest BCUT2D eigenvalue weighted by Crippen LogP contribution is 2.35. The molecule has 1 saturated heterocycles. The SMILES string of the molecule is CC(=O)NC[C@H]1CN(c2ccc3c(c2)CS(=O)(=O)N3C)C(=O)O1. The van der Waals surface area contributed by atoms with E-state index in [1.54, 1.807) is 18.2 Å². The van der Waals surface area contributed by atoms with E-state index < -0.39 is 22.2 Å². The van der Waals surface area contributed by atoms with Gasteiger partial charge in [0.25, 0.3) is 0 Å². The number of nitrogens with zero attached hydrogens (tertiary/aromatic N) is 2. The highest BCUT2D eigenvalue weighted by molar-refractivity contribution is 7.92. The predicted octanol–water partition coefficient (Wildman–Crippen LogP) is 0.427. The zero-order valence-electron chi connectivity index (χ0n) is 12.8. The molecule has 2 heterocycles. The fourth-order valence-electron chi connectivity index (χ4n) is 2.70. The summed E-state index contributed by atoms with van der Waals surface area (Å²) in [5.74, 6) is -0.268. The average Bonchev–Trinajstić information content (AvgIpc) is 2.94. The number of cyclic esters (lactones) is 1. The van der Waals surface area contributed by atoms with Gasteiger partial charge < -0.3 is 10.1 Å². The molecule has 0 radical (unpaired) electrons. The van der Waals surface area contributed by atoms with Gasteiger partial charge in [-0.3, -0.25) is 14.0 Å². The Kier molecular flexibility index (Phi) is 3.67. The number of anilines is 2. The Morgan fingerprint density at radius 1 is 1.43 bits per heavy atom. The van der Waals surface area contributed by atoms with Crippen LogP contribution in [0.2, 0.25) is 0 Å². The van der Waals surface area contributed by atoms with Gasteiger partial charge >= 0.3 is 6.09 Å². The van der Waals surface area contributed by atoms with E-state index >= 15 is 0 Å². The third-order valence-electron chi connectivity index (χ3n) is 3.92. The molecule has 0 bridgehead atoms. The number of carbonyl (C=O) groups is 2. The first-order valence-corrected chi connectivity index (χ1v) is 8.71. The van der Waals surface area contributed by atoms with Crippen molar-refractivity contribution in [2.75, 3.05) is 29.3 Å². The second kappa shape index (κ2) is 5.41. The number of nitrogens with one attached hydrogen (secondary N) is 1. The maximum absolute atomic E-state index is 12.0. The molecule has 9 heteroatoms. The fourth-order valence-corrected chi connectivity index (χ4v) is 4.00. The fraction of sp³-hybridized carbons (Fsp3) is 0.429.